The molecule has 0 aliphatic carbocycles. The maximum absolute atomic E-state index is 13.0. The van der Waals surface area contributed by atoms with Gasteiger partial charge in [0.05, 0.1) is 17.0 Å². The average Bonchev–Trinajstić information content (AvgIpc) is 3.03. The Morgan fingerprint density at radius 2 is 1.61 bits per heavy atom. The number of thioether (sulfide) groups is 1. The summed E-state index contributed by atoms with van der Waals surface area (Å²) in [6.07, 6.45) is 1.63. The minimum absolute atomic E-state index is 0.223. The van der Waals surface area contributed by atoms with Crippen molar-refractivity contribution in [2.24, 2.45) is 0 Å². The summed E-state index contributed by atoms with van der Waals surface area (Å²) >= 11 is 0.892. The summed E-state index contributed by atoms with van der Waals surface area (Å²) in [5.41, 5.74) is 1.79. The van der Waals surface area contributed by atoms with E-state index in [-0.39, 0.29) is 23.3 Å². The van der Waals surface area contributed by atoms with Gasteiger partial charge in [0.15, 0.2) is 0 Å². The van der Waals surface area contributed by atoms with E-state index in [0.29, 0.717) is 16.2 Å². The third-order valence-electron chi connectivity index (χ3n) is 4.53. The summed E-state index contributed by atoms with van der Waals surface area (Å²) in [5.74, 6) is -1.07. The van der Waals surface area contributed by atoms with Gasteiger partial charge in [-0.1, -0.05) is 42.5 Å². The molecule has 0 spiro atoms. The minimum Gasteiger partial charge on any atom is -0.423 e. The third-order valence-corrected chi connectivity index (χ3v) is 5.43. The molecule has 1 heterocycles. The summed E-state index contributed by atoms with van der Waals surface area (Å²) in [7, 11) is 0. The van der Waals surface area contributed by atoms with E-state index in [9.17, 15) is 18.8 Å². The molecule has 5 nitrogen and oxygen atoms in total. The molecular formula is C24H16FNO4S. The molecule has 1 fully saturated rings. The van der Waals surface area contributed by atoms with E-state index in [1.807, 2.05) is 30.3 Å². The summed E-state index contributed by atoms with van der Waals surface area (Å²) in [6.45, 7) is 0.223. The number of imide groups is 1. The molecule has 0 saturated carbocycles. The van der Waals surface area contributed by atoms with Crippen LogP contribution in [0.1, 0.15) is 21.5 Å². The van der Waals surface area contributed by atoms with Crippen molar-refractivity contribution in [2.75, 3.05) is 0 Å². The van der Waals surface area contributed by atoms with Gasteiger partial charge in [0.1, 0.15) is 11.6 Å². The number of nitrogens with zero attached hydrogens (tertiary/aromatic N) is 1. The Kier molecular flexibility index (Phi) is 5.95. The van der Waals surface area contributed by atoms with Crippen LogP contribution in [0.2, 0.25) is 0 Å². The number of amides is 2. The van der Waals surface area contributed by atoms with Crippen LogP contribution in [0.3, 0.4) is 0 Å². The Hall–Kier alpha value is -3.71. The molecule has 1 aliphatic rings. The fraction of sp³-hybridized carbons (Fsp3) is 0.0417. The highest BCUT2D eigenvalue weighted by Gasteiger charge is 2.34. The van der Waals surface area contributed by atoms with Gasteiger partial charge in [0, 0.05) is 0 Å². The number of ether oxygens (including phenoxy) is 1. The zero-order chi connectivity index (χ0) is 21.8. The molecule has 4 rings (SSSR count). The van der Waals surface area contributed by atoms with Gasteiger partial charge in [-0.2, -0.15) is 0 Å². The lowest BCUT2D eigenvalue weighted by Crippen LogP contribution is -2.27. The van der Waals surface area contributed by atoms with E-state index in [4.69, 9.17) is 4.74 Å². The molecule has 154 valence electrons. The molecule has 0 unspecified atom stereocenters. The van der Waals surface area contributed by atoms with Crippen LogP contribution in [-0.4, -0.2) is 22.0 Å². The number of halogens is 1. The Labute approximate surface area is 182 Å². The van der Waals surface area contributed by atoms with Crippen molar-refractivity contribution in [3.8, 4) is 5.75 Å². The Balaban J connectivity index is 1.43. The van der Waals surface area contributed by atoms with Crippen molar-refractivity contribution in [3.63, 3.8) is 0 Å². The zero-order valence-electron chi connectivity index (χ0n) is 16.2. The molecule has 2 amide bonds. The lowest BCUT2D eigenvalue weighted by molar-refractivity contribution is -0.123. The Morgan fingerprint density at radius 3 is 2.29 bits per heavy atom. The van der Waals surface area contributed by atoms with E-state index < -0.39 is 11.8 Å². The first-order valence-corrected chi connectivity index (χ1v) is 10.2. The van der Waals surface area contributed by atoms with Crippen LogP contribution >= 0.6 is 11.8 Å². The molecule has 1 aliphatic heterocycles. The van der Waals surface area contributed by atoms with Gasteiger partial charge < -0.3 is 4.74 Å². The lowest BCUT2D eigenvalue weighted by Gasteiger charge is -2.12. The smallest absolute Gasteiger partial charge is 0.343 e. The Bertz CT molecular complexity index is 1160. The monoisotopic (exact) mass is 433 g/mol. The van der Waals surface area contributed by atoms with E-state index in [0.717, 1.165) is 17.3 Å². The van der Waals surface area contributed by atoms with Crippen LogP contribution in [0.15, 0.2) is 83.8 Å². The fourth-order valence-electron chi connectivity index (χ4n) is 2.94. The number of benzene rings is 3. The summed E-state index contributed by atoms with van der Waals surface area (Å²) in [5, 5.41) is -0.315. The van der Waals surface area contributed by atoms with Crippen LogP contribution in [-0.2, 0) is 11.3 Å². The standard InChI is InChI=1S/C24H16FNO4S/c25-19-10-8-18(9-11-19)23(28)30-20-12-6-16(7-13-20)14-21-22(27)26(24(29)31-21)15-17-4-2-1-3-5-17/h1-14H,15H2/b21-14-. The number of hydrogen-bond acceptors (Lipinski definition) is 5. The van der Waals surface area contributed by atoms with Gasteiger partial charge in [-0.15, -0.1) is 0 Å². The molecular weight excluding hydrogens is 417 g/mol. The van der Waals surface area contributed by atoms with Gasteiger partial charge in [-0.3, -0.25) is 14.5 Å². The number of carbonyl (C=O) groups excluding carboxylic acids is 3. The van der Waals surface area contributed by atoms with Crippen molar-refractivity contribution in [1.29, 1.82) is 0 Å². The Morgan fingerprint density at radius 1 is 0.935 bits per heavy atom. The van der Waals surface area contributed by atoms with Crippen molar-refractivity contribution < 1.29 is 23.5 Å². The molecule has 7 heteroatoms. The van der Waals surface area contributed by atoms with E-state index in [1.165, 1.54) is 29.2 Å². The fourth-order valence-corrected chi connectivity index (χ4v) is 3.78. The zero-order valence-corrected chi connectivity index (χ0v) is 17.0. The number of rotatable bonds is 5. The highest BCUT2D eigenvalue weighted by molar-refractivity contribution is 8.18. The highest BCUT2D eigenvalue weighted by Crippen LogP contribution is 2.33. The van der Waals surface area contributed by atoms with Gasteiger partial charge in [0.2, 0.25) is 0 Å². The van der Waals surface area contributed by atoms with Crippen molar-refractivity contribution in [3.05, 3.63) is 106 Å². The second kappa shape index (κ2) is 8.97. The normalized spacial score (nSPS) is 14.9. The number of carbonyl (C=O) groups is 3. The molecule has 3 aromatic rings. The van der Waals surface area contributed by atoms with Gasteiger partial charge >= 0.3 is 5.97 Å². The SMILES string of the molecule is O=C(Oc1ccc(/C=C2\SC(=O)N(Cc3ccccc3)C2=O)cc1)c1ccc(F)cc1. The summed E-state index contributed by atoms with van der Waals surface area (Å²) in [4.78, 5) is 38.6. The molecule has 0 radical (unpaired) electrons. The van der Waals surface area contributed by atoms with Crippen LogP contribution in [0.25, 0.3) is 6.08 Å². The largest absolute Gasteiger partial charge is 0.423 e. The highest BCUT2D eigenvalue weighted by atomic mass is 32.2. The quantitative estimate of drug-likeness (QED) is 0.311. The summed E-state index contributed by atoms with van der Waals surface area (Å²) in [6, 6.07) is 20.9. The first-order chi connectivity index (χ1) is 15.0. The molecule has 0 bridgehead atoms. The van der Waals surface area contributed by atoms with Crippen molar-refractivity contribution >= 4 is 35.0 Å². The van der Waals surface area contributed by atoms with Gasteiger partial charge in [-0.25, -0.2) is 9.18 Å². The minimum atomic E-state index is -0.602. The van der Waals surface area contributed by atoms with E-state index in [2.05, 4.69) is 0 Å². The maximum Gasteiger partial charge on any atom is 0.343 e. The first kappa shape index (κ1) is 20.6. The predicted octanol–water partition coefficient (Wildman–Crippen LogP) is 5.28. The maximum atomic E-state index is 13.0. The van der Waals surface area contributed by atoms with Gasteiger partial charge in [0.25, 0.3) is 11.1 Å². The molecule has 31 heavy (non-hydrogen) atoms. The number of hydrogen-bond donors (Lipinski definition) is 0. The van der Waals surface area contributed by atoms with E-state index >= 15 is 0 Å². The molecule has 0 aromatic heterocycles. The van der Waals surface area contributed by atoms with Crippen molar-refractivity contribution in [2.45, 2.75) is 6.54 Å². The first-order valence-electron chi connectivity index (χ1n) is 9.37. The topological polar surface area (TPSA) is 63.7 Å². The van der Waals surface area contributed by atoms with Gasteiger partial charge in [-0.05, 0) is 65.4 Å². The second-order valence-electron chi connectivity index (χ2n) is 6.72. The van der Waals surface area contributed by atoms with E-state index in [1.54, 1.807) is 30.3 Å². The van der Waals surface area contributed by atoms with Crippen LogP contribution in [0.5, 0.6) is 5.75 Å². The lowest BCUT2D eigenvalue weighted by atomic mass is 10.2. The molecule has 0 N–H and O–H groups in total. The van der Waals surface area contributed by atoms with Crippen LogP contribution < -0.4 is 4.74 Å². The third kappa shape index (κ3) is 4.90. The number of esters is 1. The average molecular weight is 433 g/mol. The molecule has 0 atom stereocenters. The van der Waals surface area contributed by atoms with Crippen LogP contribution in [0.4, 0.5) is 9.18 Å². The van der Waals surface area contributed by atoms with Crippen molar-refractivity contribution in [1.82, 2.24) is 4.90 Å². The second-order valence-corrected chi connectivity index (χ2v) is 7.71. The molecule has 3 aromatic carbocycles. The summed E-state index contributed by atoms with van der Waals surface area (Å²) < 4.78 is 18.2. The molecule has 1 saturated heterocycles. The predicted molar refractivity (Wildman–Crippen MR) is 116 cm³/mol. The van der Waals surface area contributed by atoms with Crippen LogP contribution in [0, 0.1) is 5.82 Å².